The van der Waals surface area contributed by atoms with Crippen molar-refractivity contribution in [3.05, 3.63) is 10.6 Å². The number of carbonyl (C=O) groups is 2. The van der Waals surface area contributed by atoms with Gasteiger partial charge in [0.15, 0.2) is 10.9 Å². The number of piperazine rings is 1. The summed E-state index contributed by atoms with van der Waals surface area (Å²) in [6.45, 7) is 5.19. The fourth-order valence-corrected chi connectivity index (χ4v) is 2.75. The second-order valence-corrected chi connectivity index (χ2v) is 5.18. The van der Waals surface area contributed by atoms with E-state index in [4.69, 9.17) is 0 Å². The number of likely N-dealkylation sites (N-methyl/N-ethyl adjacent to an activating group) is 1. The standard InChI is InChI=1S/C11H15N3O2S/c1-7-10(8(2)15)17-11(12-7)14-5-4-13(3)9(16)6-14/h4-6H2,1-3H3. The zero-order chi connectivity index (χ0) is 12.6. The molecule has 2 rings (SSSR count). The monoisotopic (exact) mass is 253 g/mol. The number of anilines is 1. The Morgan fingerprint density at radius 3 is 2.65 bits per heavy atom. The van der Waals surface area contributed by atoms with Gasteiger partial charge in [-0.2, -0.15) is 0 Å². The number of Topliss-reactive ketones (excluding diaryl/α,β-unsaturated/α-hetero) is 1. The summed E-state index contributed by atoms with van der Waals surface area (Å²) in [4.78, 5) is 31.7. The Hall–Kier alpha value is -1.43. The predicted octanol–water partition coefficient (Wildman–Crippen LogP) is 0.933. The van der Waals surface area contributed by atoms with Crippen LogP contribution in [0.25, 0.3) is 0 Å². The highest BCUT2D eigenvalue weighted by Gasteiger charge is 2.24. The number of thiazole rings is 1. The average molecular weight is 253 g/mol. The lowest BCUT2D eigenvalue weighted by Gasteiger charge is -2.31. The second-order valence-electron chi connectivity index (χ2n) is 4.20. The molecule has 1 aliphatic rings. The number of carbonyl (C=O) groups excluding carboxylic acids is 2. The number of aryl methyl sites for hydroxylation is 1. The van der Waals surface area contributed by atoms with Crippen molar-refractivity contribution in [2.24, 2.45) is 0 Å². The van der Waals surface area contributed by atoms with Gasteiger partial charge in [-0.05, 0) is 6.92 Å². The van der Waals surface area contributed by atoms with Gasteiger partial charge in [0.1, 0.15) is 0 Å². The molecule has 0 radical (unpaired) electrons. The summed E-state index contributed by atoms with van der Waals surface area (Å²) in [6.07, 6.45) is 0. The molecule has 0 aliphatic carbocycles. The molecule has 17 heavy (non-hydrogen) atoms. The zero-order valence-corrected chi connectivity index (χ0v) is 11.0. The van der Waals surface area contributed by atoms with E-state index in [-0.39, 0.29) is 11.7 Å². The van der Waals surface area contributed by atoms with Crippen LogP contribution in [-0.2, 0) is 4.79 Å². The number of aromatic nitrogens is 1. The lowest BCUT2D eigenvalue weighted by molar-refractivity contribution is -0.129. The number of hydrogen-bond acceptors (Lipinski definition) is 5. The van der Waals surface area contributed by atoms with Gasteiger partial charge in [0.2, 0.25) is 5.91 Å². The highest BCUT2D eigenvalue weighted by atomic mass is 32.1. The minimum atomic E-state index is 0.0340. The first-order valence-electron chi connectivity index (χ1n) is 5.46. The van der Waals surface area contributed by atoms with Crippen LogP contribution in [-0.4, -0.2) is 48.3 Å². The third-order valence-electron chi connectivity index (χ3n) is 2.83. The van der Waals surface area contributed by atoms with E-state index in [0.717, 1.165) is 17.4 Å². The average Bonchev–Trinajstić information content (AvgIpc) is 2.64. The first-order chi connectivity index (χ1) is 7.99. The van der Waals surface area contributed by atoms with Crippen LogP contribution in [0.3, 0.4) is 0 Å². The molecule has 0 spiro atoms. The molecule has 6 heteroatoms. The second kappa shape index (κ2) is 4.44. The largest absolute Gasteiger partial charge is 0.342 e. The van der Waals surface area contributed by atoms with Crippen molar-refractivity contribution >= 4 is 28.2 Å². The molecule has 5 nitrogen and oxygen atoms in total. The molecule has 0 atom stereocenters. The summed E-state index contributed by atoms with van der Waals surface area (Å²) in [5, 5.41) is 0.772. The highest BCUT2D eigenvalue weighted by molar-refractivity contribution is 7.17. The van der Waals surface area contributed by atoms with Crippen LogP contribution in [0.4, 0.5) is 5.13 Å². The number of hydrogen-bond donors (Lipinski definition) is 0. The van der Waals surface area contributed by atoms with Crippen molar-refractivity contribution in [2.75, 3.05) is 31.6 Å². The molecule has 1 saturated heterocycles. The van der Waals surface area contributed by atoms with Crippen LogP contribution in [0.1, 0.15) is 22.3 Å². The van der Waals surface area contributed by atoms with Crippen LogP contribution in [0.2, 0.25) is 0 Å². The van der Waals surface area contributed by atoms with E-state index in [1.165, 1.54) is 11.3 Å². The predicted molar refractivity (Wildman–Crippen MR) is 66.7 cm³/mol. The first kappa shape index (κ1) is 12.0. The minimum absolute atomic E-state index is 0.0340. The Morgan fingerprint density at radius 1 is 1.41 bits per heavy atom. The van der Waals surface area contributed by atoms with Crippen molar-refractivity contribution in [3.63, 3.8) is 0 Å². The van der Waals surface area contributed by atoms with Crippen LogP contribution in [0.15, 0.2) is 0 Å². The molecule has 1 amide bonds. The quantitative estimate of drug-likeness (QED) is 0.736. The SMILES string of the molecule is CC(=O)c1sc(N2CCN(C)C(=O)C2)nc1C. The normalized spacial score (nSPS) is 16.5. The molecule has 0 saturated carbocycles. The van der Waals surface area contributed by atoms with Gasteiger partial charge in [-0.1, -0.05) is 11.3 Å². The van der Waals surface area contributed by atoms with Crippen molar-refractivity contribution in [1.29, 1.82) is 0 Å². The maximum atomic E-state index is 11.6. The fourth-order valence-electron chi connectivity index (χ4n) is 1.77. The van der Waals surface area contributed by atoms with Gasteiger partial charge < -0.3 is 9.80 Å². The Bertz CT molecular complexity index is 469. The molecule has 0 aromatic carbocycles. The van der Waals surface area contributed by atoms with E-state index >= 15 is 0 Å². The Balaban J connectivity index is 2.21. The molecule has 1 aromatic rings. The zero-order valence-electron chi connectivity index (χ0n) is 10.2. The molecule has 0 bridgehead atoms. The summed E-state index contributed by atoms with van der Waals surface area (Å²) in [5.41, 5.74) is 0.754. The smallest absolute Gasteiger partial charge is 0.241 e. The molecule has 1 aliphatic heterocycles. The number of ketones is 1. The van der Waals surface area contributed by atoms with Crippen molar-refractivity contribution in [3.8, 4) is 0 Å². The molecule has 1 fully saturated rings. The molecule has 2 heterocycles. The van der Waals surface area contributed by atoms with Crippen LogP contribution in [0, 0.1) is 6.92 Å². The van der Waals surface area contributed by atoms with Gasteiger partial charge in [-0.3, -0.25) is 9.59 Å². The topological polar surface area (TPSA) is 53.5 Å². The molecular weight excluding hydrogens is 238 g/mol. The fraction of sp³-hybridized carbons (Fsp3) is 0.545. The van der Waals surface area contributed by atoms with E-state index in [1.807, 2.05) is 11.8 Å². The molecular formula is C11H15N3O2S. The Labute approximate surface area is 104 Å². The van der Waals surface area contributed by atoms with E-state index in [2.05, 4.69) is 4.98 Å². The summed E-state index contributed by atoms with van der Waals surface area (Å²) >= 11 is 1.37. The third-order valence-corrected chi connectivity index (χ3v) is 4.15. The van der Waals surface area contributed by atoms with E-state index in [9.17, 15) is 9.59 Å². The number of rotatable bonds is 2. The summed E-state index contributed by atoms with van der Waals surface area (Å²) in [5.74, 6) is 0.125. The minimum Gasteiger partial charge on any atom is -0.342 e. The van der Waals surface area contributed by atoms with Gasteiger partial charge in [-0.25, -0.2) is 4.98 Å². The Morgan fingerprint density at radius 2 is 2.12 bits per heavy atom. The van der Waals surface area contributed by atoms with Crippen LogP contribution >= 0.6 is 11.3 Å². The van der Waals surface area contributed by atoms with Crippen LogP contribution in [0.5, 0.6) is 0 Å². The van der Waals surface area contributed by atoms with Gasteiger partial charge in [0.25, 0.3) is 0 Å². The van der Waals surface area contributed by atoms with Crippen LogP contribution < -0.4 is 4.90 Å². The summed E-state index contributed by atoms with van der Waals surface area (Å²) in [6, 6.07) is 0. The van der Waals surface area contributed by atoms with Gasteiger partial charge in [0.05, 0.1) is 17.1 Å². The number of amides is 1. The van der Waals surface area contributed by atoms with Gasteiger partial charge in [0, 0.05) is 27.1 Å². The molecule has 0 unspecified atom stereocenters. The van der Waals surface area contributed by atoms with Gasteiger partial charge in [-0.15, -0.1) is 0 Å². The maximum absolute atomic E-state index is 11.6. The summed E-state index contributed by atoms with van der Waals surface area (Å²) in [7, 11) is 1.80. The van der Waals surface area contributed by atoms with Gasteiger partial charge >= 0.3 is 0 Å². The molecule has 1 aromatic heterocycles. The summed E-state index contributed by atoms with van der Waals surface area (Å²) < 4.78 is 0. The molecule has 0 N–H and O–H groups in total. The highest BCUT2D eigenvalue weighted by Crippen LogP contribution is 2.27. The van der Waals surface area contributed by atoms with E-state index < -0.39 is 0 Å². The van der Waals surface area contributed by atoms with Crippen molar-refractivity contribution in [1.82, 2.24) is 9.88 Å². The Kier molecular flexibility index (Phi) is 3.15. The van der Waals surface area contributed by atoms with E-state index in [1.54, 1.807) is 18.9 Å². The van der Waals surface area contributed by atoms with Crippen molar-refractivity contribution < 1.29 is 9.59 Å². The van der Waals surface area contributed by atoms with Crippen molar-refractivity contribution in [2.45, 2.75) is 13.8 Å². The third kappa shape index (κ3) is 2.31. The first-order valence-corrected chi connectivity index (χ1v) is 6.28. The molecule has 92 valence electrons. The lowest BCUT2D eigenvalue weighted by Crippen LogP contribution is -2.48. The van der Waals surface area contributed by atoms with E-state index in [0.29, 0.717) is 18.0 Å². The maximum Gasteiger partial charge on any atom is 0.241 e. The lowest BCUT2D eigenvalue weighted by atomic mass is 10.3. The number of nitrogens with zero attached hydrogens (tertiary/aromatic N) is 3.